The summed E-state index contributed by atoms with van der Waals surface area (Å²) in [6, 6.07) is 28.1. The summed E-state index contributed by atoms with van der Waals surface area (Å²) in [4.78, 5) is 12.9. The van der Waals surface area contributed by atoms with Gasteiger partial charge in [-0.1, -0.05) is 78.9 Å². The molecule has 3 aromatic carbocycles. The number of benzene rings is 3. The molecule has 2 nitrogen and oxygen atoms in total. The van der Waals surface area contributed by atoms with Crippen LogP contribution in [0, 0.1) is 0 Å². The number of carbonyl (C=O) groups excluding carboxylic acids is 1. The molecular formula is C25H21NO. The van der Waals surface area contributed by atoms with Gasteiger partial charge in [0, 0.05) is 29.1 Å². The predicted molar refractivity (Wildman–Crippen MR) is 113 cm³/mol. The fraction of sp³-hybridized carbons (Fsp3) is 0.0800. The predicted octanol–water partition coefficient (Wildman–Crippen LogP) is 6.13. The van der Waals surface area contributed by atoms with Gasteiger partial charge >= 0.3 is 0 Å². The van der Waals surface area contributed by atoms with Gasteiger partial charge in [-0.2, -0.15) is 0 Å². The van der Waals surface area contributed by atoms with Gasteiger partial charge in [-0.25, -0.2) is 0 Å². The van der Waals surface area contributed by atoms with Crippen molar-refractivity contribution in [3.8, 4) is 11.3 Å². The zero-order chi connectivity index (χ0) is 18.8. The maximum absolute atomic E-state index is 12.9. The minimum Gasteiger partial charge on any atom is -0.343 e. The zero-order valence-corrected chi connectivity index (χ0v) is 15.5. The van der Waals surface area contributed by atoms with Crippen LogP contribution >= 0.6 is 0 Å². The van der Waals surface area contributed by atoms with Crippen LogP contribution in [0.5, 0.6) is 0 Å². The SMILES string of the molecule is CC(=Cc1c(-c2ccccc2)n(C)c2ccccc12)C(=O)c1ccccc1. The van der Waals surface area contributed by atoms with E-state index in [1.54, 1.807) is 0 Å². The van der Waals surface area contributed by atoms with Gasteiger partial charge in [-0.05, 0) is 30.2 Å². The molecule has 0 atom stereocenters. The van der Waals surface area contributed by atoms with Crippen molar-refractivity contribution >= 4 is 22.8 Å². The van der Waals surface area contributed by atoms with Crippen LogP contribution in [0.4, 0.5) is 0 Å². The minimum absolute atomic E-state index is 0.0579. The number of allylic oxidation sites excluding steroid dienone is 1. The van der Waals surface area contributed by atoms with E-state index in [0.29, 0.717) is 5.56 Å². The lowest BCUT2D eigenvalue weighted by molar-refractivity contribution is 0.103. The summed E-state index contributed by atoms with van der Waals surface area (Å²) < 4.78 is 2.21. The van der Waals surface area contributed by atoms with Crippen molar-refractivity contribution in [3.05, 3.63) is 102 Å². The van der Waals surface area contributed by atoms with E-state index in [9.17, 15) is 4.79 Å². The van der Waals surface area contributed by atoms with Gasteiger partial charge in [0.2, 0.25) is 0 Å². The summed E-state index contributed by atoms with van der Waals surface area (Å²) in [6.07, 6.45) is 2.03. The molecule has 0 bridgehead atoms. The molecule has 27 heavy (non-hydrogen) atoms. The summed E-state index contributed by atoms with van der Waals surface area (Å²) in [7, 11) is 2.08. The monoisotopic (exact) mass is 351 g/mol. The Balaban J connectivity index is 1.92. The van der Waals surface area contributed by atoms with Crippen molar-refractivity contribution in [1.82, 2.24) is 4.57 Å². The van der Waals surface area contributed by atoms with Gasteiger partial charge in [-0.15, -0.1) is 0 Å². The Bertz CT molecular complexity index is 1140. The standard InChI is InChI=1S/C25H21NO/c1-18(25(27)20-13-7-4-8-14-20)17-22-21-15-9-10-16-23(21)26(2)24(22)19-11-5-3-6-12-19/h3-17H,1-2H3. The fourth-order valence-corrected chi connectivity index (χ4v) is 3.61. The first-order valence-corrected chi connectivity index (χ1v) is 9.07. The Morgan fingerprint density at radius 2 is 1.41 bits per heavy atom. The van der Waals surface area contributed by atoms with Crippen molar-refractivity contribution in [3.63, 3.8) is 0 Å². The van der Waals surface area contributed by atoms with Crippen molar-refractivity contribution in [2.75, 3.05) is 0 Å². The lowest BCUT2D eigenvalue weighted by Crippen LogP contribution is -2.00. The number of Topliss-reactive ketones (excluding diaryl/α,β-unsaturated/α-hetero) is 1. The Labute approximate surface area is 159 Å². The summed E-state index contributed by atoms with van der Waals surface area (Å²) in [5.74, 6) is 0.0579. The molecule has 0 fully saturated rings. The number of hydrogen-bond donors (Lipinski definition) is 0. The molecule has 0 aliphatic rings. The van der Waals surface area contributed by atoms with Crippen LogP contribution in [-0.2, 0) is 7.05 Å². The molecular weight excluding hydrogens is 330 g/mol. The fourth-order valence-electron chi connectivity index (χ4n) is 3.61. The molecule has 0 aliphatic heterocycles. The van der Waals surface area contributed by atoms with Crippen LogP contribution in [0.25, 0.3) is 28.2 Å². The van der Waals surface area contributed by atoms with Crippen LogP contribution in [0.15, 0.2) is 90.5 Å². The highest BCUT2D eigenvalue weighted by molar-refractivity contribution is 6.12. The summed E-state index contributed by atoms with van der Waals surface area (Å²) in [6.45, 7) is 1.89. The van der Waals surface area contributed by atoms with Crippen molar-refractivity contribution < 1.29 is 4.79 Å². The van der Waals surface area contributed by atoms with E-state index in [1.165, 1.54) is 0 Å². The number of rotatable bonds is 4. The molecule has 4 rings (SSSR count). The lowest BCUT2D eigenvalue weighted by atomic mass is 9.99. The first kappa shape index (κ1) is 17.0. The molecule has 1 heterocycles. The average Bonchev–Trinajstić information content (AvgIpc) is 3.00. The lowest BCUT2D eigenvalue weighted by Gasteiger charge is -2.07. The molecule has 0 saturated carbocycles. The molecule has 132 valence electrons. The van der Waals surface area contributed by atoms with Crippen LogP contribution in [0.1, 0.15) is 22.8 Å². The number of aryl methyl sites for hydroxylation is 1. The molecule has 2 heteroatoms. The van der Waals surface area contributed by atoms with Crippen LogP contribution < -0.4 is 0 Å². The van der Waals surface area contributed by atoms with E-state index in [2.05, 4.69) is 35.9 Å². The highest BCUT2D eigenvalue weighted by Crippen LogP contribution is 2.34. The molecule has 0 unspecified atom stereocenters. The van der Waals surface area contributed by atoms with Crippen molar-refractivity contribution in [2.45, 2.75) is 6.92 Å². The van der Waals surface area contributed by atoms with E-state index in [0.717, 1.165) is 33.3 Å². The molecule has 1 aromatic heterocycles. The third-order valence-electron chi connectivity index (χ3n) is 4.95. The van der Waals surface area contributed by atoms with Crippen molar-refractivity contribution in [1.29, 1.82) is 0 Å². The van der Waals surface area contributed by atoms with E-state index in [-0.39, 0.29) is 5.78 Å². The maximum Gasteiger partial charge on any atom is 0.188 e. The number of aromatic nitrogens is 1. The topological polar surface area (TPSA) is 22.0 Å². The molecule has 0 spiro atoms. The van der Waals surface area contributed by atoms with Gasteiger partial charge in [0.25, 0.3) is 0 Å². The normalized spacial score (nSPS) is 11.7. The van der Waals surface area contributed by atoms with Crippen LogP contribution in [-0.4, -0.2) is 10.4 Å². The second-order valence-corrected chi connectivity index (χ2v) is 6.73. The summed E-state index contributed by atoms with van der Waals surface area (Å²) in [5.41, 5.74) is 5.95. The third-order valence-corrected chi connectivity index (χ3v) is 4.95. The number of fused-ring (bicyclic) bond motifs is 1. The number of carbonyl (C=O) groups is 1. The Morgan fingerprint density at radius 3 is 2.11 bits per heavy atom. The number of nitrogens with zero attached hydrogens (tertiary/aromatic N) is 1. The highest BCUT2D eigenvalue weighted by Gasteiger charge is 2.16. The van der Waals surface area contributed by atoms with E-state index in [1.807, 2.05) is 73.7 Å². The Hall–Kier alpha value is -3.39. The van der Waals surface area contributed by atoms with Crippen molar-refractivity contribution in [2.24, 2.45) is 7.05 Å². The smallest absolute Gasteiger partial charge is 0.188 e. The summed E-state index contributed by atoms with van der Waals surface area (Å²) >= 11 is 0. The Kier molecular flexibility index (Phi) is 4.47. The number of ketones is 1. The number of para-hydroxylation sites is 1. The highest BCUT2D eigenvalue weighted by atomic mass is 16.1. The number of hydrogen-bond acceptors (Lipinski definition) is 1. The maximum atomic E-state index is 12.9. The second kappa shape index (κ2) is 7.08. The largest absolute Gasteiger partial charge is 0.343 e. The van der Waals surface area contributed by atoms with E-state index in [4.69, 9.17) is 0 Å². The molecule has 4 aromatic rings. The van der Waals surface area contributed by atoms with Gasteiger partial charge in [0.15, 0.2) is 5.78 Å². The molecule has 0 amide bonds. The zero-order valence-electron chi connectivity index (χ0n) is 15.5. The van der Waals surface area contributed by atoms with Gasteiger partial charge in [0.1, 0.15) is 0 Å². The van der Waals surface area contributed by atoms with Crippen LogP contribution in [0.3, 0.4) is 0 Å². The van der Waals surface area contributed by atoms with Crippen LogP contribution in [0.2, 0.25) is 0 Å². The molecule has 0 N–H and O–H groups in total. The first-order valence-electron chi connectivity index (χ1n) is 9.07. The molecule has 0 radical (unpaired) electrons. The van der Waals surface area contributed by atoms with E-state index < -0.39 is 0 Å². The summed E-state index contributed by atoms with van der Waals surface area (Å²) in [5, 5.41) is 1.15. The third kappa shape index (κ3) is 3.11. The average molecular weight is 351 g/mol. The quantitative estimate of drug-likeness (QED) is 0.320. The van der Waals surface area contributed by atoms with Gasteiger partial charge < -0.3 is 4.57 Å². The Morgan fingerprint density at radius 1 is 0.815 bits per heavy atom. The second-order valence-electron chi connectivity index (χ2n) is 6.73. The van der Waals surface area contributed by atoms with E-state index >= 15 is 0 Å². The molecule has 0 saturated heterocycles. The first-order chi connectivity index (χ1) is 13.2. The van der Waals surface area contributed by atoms with Gasteiger partial charge in [-0.3, -0.25) is 4.79 Å². The molecule has 0 aliphatic carbocycles. The minimum atomic E-state index is 0.0579. The van der Waals surface area contributed by atoms with Gasteiger partial charge in [0.05, 0.1) is 5.69 Å².